The maximum absolute atomic E-state index is 13.3. The van der Waals surface area contributed by atoms with Gasteiger partial charge in [0.05, 0.1) is 11.6 Å². The molecule has 1 aliphatic carbocycles. The van der Waals surface area contributed by atoms with E-state index in [9.17, 15) is 18.7 Å². The van der Waals surface area contributed by atoms with Crippen LogP contribution in [0, 0.1) is 25.7 Å². The molecule has 1 N–H and O–H groups in total. The van der Waals surface area contributed by atoms with E-state index in [2.05, 4.69) is 17.2 Å². The lowest BCUT2D eigenvalue weighted by Gasteiger charge is -2.41. The Morgan fingerprint density at radius 2 is 1.89 bits per heavy atom. The van der Waals surface area contributed by atoms with Crippen molar-refractivity contribution >= 4 is 11.5 Å². The molecule has 0 unspecified atom stereocenters. The molecular formula is C22H24F2NO3-. The second-order valence-electron chi connectivity index (χ2n) is 7.52. The van der Waals surface area contributed by atoms with E-state index in [1.165, 1.54) is 0 Å². The SMILES string of the molecule is CC#Cc1cc(C)c(C2=C([O-])C3(CCC(OCC(F)F)CC3)NC2=O)c(C)c1. The Morgan fingerprint density at radius 1 is 1.29 bits per heavy atom. The summed E-state index contributed by atoms with van der Waals surface area (Å²) in [5.74, 6) is 5.28. The van der Waals surface area contributed by atoms with Crippen LogP contribution in [0.15, 0.2) is 17.9 Å². The molecule has 1 saturated carbocycles. The molecule has 1 amide bonds. The van der Waals surface area contributed by atoms with E-state index in [0.717, 1.165) is 16.7 Å². The summed E-state index contributed by atoms with van der Waals surface area (Å²) in [4.78, 5) is 12.7. The quantitative estimate of drug-likeness (QED) is 0.807. The lowest BCUT2D eigenvalue weighted by molar-refractivity contribution is -0.317. The van der Waals surface area contributed by atoms with Gasteiger partial charge in [-0.1, -0.05) is 11.7 Å². The van der Waals surface area contributed by atoms with Crippen molar-refractivity contribution in [3.63, 3.8) is 0 Å². The molecule has 0 saturated heterocycles. The third-order valence-corrected chi connectivity index (χ3v) is 5.54. The molecule has 1 aromatic carbocycles. The molecule has 0 bridgehead atoms. The van der Waals surface area contributed by atoms with Crippen LogP contribution in [0.4, 0.5) is 8.78 Å². The summed E-state index contributed by atoms with van der Waals surface area (Å²) >= 11 is 0. The van der Waals surface area contributed by atoms with Crippen molar-refractivity contribution in [2.75, 3.05) is 6.61 Å². The van der Waals surface area contributed by atoms with Gasteiger partial charge < -0.3 is 15.2 Å². The van der Waals surface area contributed by atoms with Crippen LogP contribution in [0.5, 0.6) is 0 Å². The predicted molar refractivity (Wildman–Crippen MR) is 100 cm³/mol. The highest BCUT2D eigenvalue weighted by atomic mass is 19.3. The number of amides is 1. The van der Waals surface area contributed by atoms with Gasteiger partial charge in [0.2, 0.25) is 0 Å². The zero-order valence-corrected chi connectivity index (χ0v) is 16.3. The van der Waals surface area contributed by atoms with Gasteiger partial charge in [0, 0.05) is 11.1 Å². The minimum atomic E-state index is -2.50. The van der Waals surface area contributed by atoms with E-state index in [1.54, 1.807) is 6.92 Å². The molecule has 2 aliphatic rings. The van der Waals surface area contributed by atoms with Crippen LogP contribution in [-0.4, -0.2) is 30.6 Å². The lowest BCUT2D eigenvalue weighted by Crippen LogP contribution is -2.50. The van der Waals surface area contributed by atoms with Gasteiger partial charge in [-0.25, -0.2) is 8.78 Å². The Bertz CT molecular complexity index is 848. The van der Waals surface area contributed by atoms with Crippen LogP contribution in [-0.2, 0) is 9.53 Å². The van der Waals surface area contributed by atoms with Gasteiger partial charge in [-0.15, -0.1) is 5.92 Å². The van der Waals surface area contributed by atoms with E-state index >= 15 is 0 Å². The van der Waals surface area contributed by atoms with Crippen molar-refractivity contribution in [3.8, 4) is 11.8 Å². The number of hydrogen-bond acceptors (Lipinski definition) is 3. The van der Waals surface area contributed by atoms with Crippen LogP contribution in [0.1, 0.15) is 54.9 Å². The third kappa shape index (κ3) is 3.77. The summed E-state index contributed by atoms with van der Waals surface area (Å²) < 4.78 is 29.9. The van der Waals surface area contributed by atoms with E-state index in [-0.39, 0.29) is 23.3 Å². The molecule has 1 fully saturated rings. The molecule has 1 spiro atoms. The molecule has 0 aromatic heterocycles. The van der Waals surface area contributed by atoms with Gasteiger partial charge in [0.25, 0.3) is 12.3 Å². The smallest absolute Gasteiger partial charge is 0.261 e. The van der Waals surface area contributed by atoms with Crippen molar-refractivity contribution in [2.45, 2.75) is 64.5 Å². The summed E-state index contributed by atoms with van der Waals surface area (Å²) in [6, 6.07) is 3.76. The number of halogens is 2. The second-order valence-corrected chi connectivity index (χ2v) is 7.52. The highest BCUT2D eigenvalue weighted by Crippen LogP contribution is 2.42. The Kier molecular flexibility index (Phi) is 5.76. The van der Waals surface area contributed by atoms with Gasteiger partial charge in [-0.05, 0) is 75.3 Å². The minimum Gasteiger partial charge on any atom is -0.873 e. The Balaban J connectivity index is 1.88. The third-order valence-electron chi connectivity index (χ3n) is 5.54. The fraction of sp³-hybridized carbons (Fsp3) is 0.500. The van der Waals surface area contributed by atoms with Gasteiger partial charge >= 0.3 is 0 Å². The van der Waals surface area contributed by atoms with Crippen molar-refractivity contribution in [3.05, 3.63) is 40.1 Å². The normalized spacial score (nSPS) is 24.5. The molecule has 6 heteroatoms. The lowest BCUT2D eigenvalue weighted by atomic mass is 9.79. The molecule has 28 heavy (non-hydrogen) atoms. The maximum Gasteiger partial charge on any atom is 0.261 e. The molecule has 4 nitrogen and oxygen atoms in total. The number of alkyl halides is 2. The van der Waals surface area contributed by atoms with Crippen LogP contribution in [0.3, 0.4) is 0 Å². The first-order valence-electron chi connectivity index (χ1n) is 9.46. The maximum atomic E-state index is 13.3. The number of nitrogens with one attached hydrogen (secondary N) is 1. The van der Waals surface area contributed by atoms with Gasteiger partial charge in [0.15, 0.2) is 0 Å². The van der Waals surface area contributed by atoms with Crippen molar-refractivity contribution < 1.29 is 23.4 Å². The van der Waals surface area contributed by atoms with Crippen molar-refractivity contribution in [1.29, 1.82) is 0 Å². The Morgan fingerprint density at radius 3 is 2.43 bits per heavy atom. The summed E-state index contributed by atoms with van der Waals surface area (Å²) in [7, 11) is 0. The fourth-order valence-electron chi connectivity index (χ4n) is 4.29. The van der Waals surface area contributed by atoms with Crippen molar-refractivity contribution in [2.24, 2.45) is 0 Å². The molecule has 3 rings (SSSR count). The van der Waals surface area contributed by atoms with E-state index in [1.807, 2.05) is 26.0 Å². The molecule has 150 valence electrons. The van der Waals surface area contributed by atoms with E-state index in [0.29, 0.717) is 31.2 Å². The van der Waals surface area contributed by atoms with Crippen LogP contribution in [0.2, 0.25) is 0 Å². The average molecular weight is 388 g/mol. The van der Waals surface area contributed by atoms with Crippen LogP contribution < -0.4 is 10.4 Å². The van der Waals surface area contributed by atoms with Crippen LogP contribution in [0.25, 0.3) is 5.57 Å². The highest BCUT2D eigenvalue weighted by Gasteiger charge is 2.43. The molecule has 1 aromatic rings. The molecule has 0 atom stereocenters. The number of aryl methyl sites for hydroxylation is 2. The van der Waals surface area contributed by atoms with Crippen LogP contribution >= 0.6 is 0 Å². The number of benzene rings is 1. The first-order chi connectivity index (χ1) is 13.3. The Labute approximate surface area is 164 Å². The number of ether oxygens (including phenoxy) is 1. The van der Waals surface area contributed by atoms with Gasteiger partial charge in [-0.3, -0.25) is 4.79 Å². The average Bonchev–Trinajstić information content (AvgIpc) is 2.85. The minimum absolute atomic E-state index is 0.193. The number of carbonyl (C=O) groups excluding carboxylic acids is 1. The molecule has 0 radical (unpaired) electrons. The number of rotatable bonds is 4. The first kappa shape index (κ1) is 20.3. The molecule has 1 aliphatic heterocycles. The van der Waals surface area contributed by atoms with E-state index < -0.39 is 18.6 Å². The summed E-state index contributed by atoms with van der Waals surface area (Å²) in [5.41, 5.74) is 2.43. The molecule has 1 heterocycles. The summed E-state index contributed by atoms with van der Waals surface area (Å²) in [5, 5.41) is 16.2. The standard InChI is InChI=1S/C22H25F2NO3/c1-4-5-15-10-13(2)18(14(3)11-15)19-20(26)22(25-21(19)27)8-6-16(7-9-22)28-12-17(23)24/h10-11,16-17,26H,6-9,12H2,1-3H3,(H,25,27)/p-1. The fourth-order valence-corrected chi connectivity index (χ4v) is 4.29. The van der Waals surface area contributed by atoms with E-state index in [4.69, 9.17) is 4.74 Å². The van der Waals surface area contributed by atoms with Gasteiger partial charge in [0.1, 0.15) is 6.61 Å². The zero-order valence-electron chi connectivity index (χ0n) is 16.3. The second kappa shape index (κ2) is 7.92. The monoisotopic (exact) mass is 388 g/mol. The largest absolute Gasteiger partial charge is 0.873 e. The predicted octanol–water partition coefficient (Wildman–Crippen LogP) is 2.84. The number of hydrogen-bond donors (Lipinski definition) is 1. The Hall–Kier alpha value is -2.39. The topological polar surface area (TPSA) is 61.4 Å². The zero-order chi connectivity index (χ0) is 20.5. The van der Waals surface area contributed by atoms with Crippen molar-refractivity contribution in [1.82, 2.24) is 5.32 Å². The summed E-state index contributed by atoms with van der Waals surface area (Å²) in [6.45, 7) is 4.90. The molecular weight excluding hydrogens is 364 g/mol. The summed E-state index contributed by atoms with van der Waals surface area (Å²) in [6.07, 6.45) is -1.08. The first-order valence-corrected chi connectivity index (χ1v) is 9.46. The number of carbonyl (C=O) groups is 1. The van der Waals surface area contributed by atoms with Gasteiger partial charge in [-0.2, -0.15) is 0 Å². The highest BCUT2D eigenvalue weighted by molar-refractivity contribution is 6.23.